The average Bonchev–Trinajstić information content (AvgIpc) is 3.23. The molecule has 4 rings (SSSR count). The predicted octanol–water partition coefficient (Wildman–Crippen LogP) is 4.58. The standard InChI is InChI=1S/C28H27BrF2N2O7S/c1-6-38-21-12-16(17(29)13-20(21)37-5)24-23(26(35)39-7-2)14(3)32-28-33(24)25(34)22(41-28)11-15-8-9-18(40-27(30)31)19(10-15)36-4/h8-13,24,27H,6-7H2,1-5H3/b22-11+/t24-/m0/s1. The van der Waals surface area contributed by atoms with Gasteiger partial charge >= 0.3 is 12.6 Å². The number of alkyl halides is 2. The Labute approximate surface area is 246 Å². The van der Waals surface area contributed by atoms with E-state index in [1.165, 1.54) is 37.0 Å². The minimum absolute atomic E-state index is 0.0794. The van der Waals surface area contributed by atoms with E-state index in [0.29, 0.717) is 48.7 Å². The number of allylic oxidation sites excluding steroid dienone is 1. The zero-order chi connectivity index (χ0) is 29.8. The van der Waals surface area contributed by atoms with Crippen LogP contribution in [0.5, 0.6) is 23.0 Å². The molecular weight excluding hydrogens is 626 g/mol. The van der Waals surface area contributed by atoms with Gasteiger partial charge in [-0.15, -0.1) is 0 Å². The van der Waals surface area contributed by atoms with Crippen molar-refractivity contribution in [2.24, 2.45) is 4.99 Å². The Hall–Kier alpha value is -3.71. The van der Waals surface area contributed by atoms with Crippen molar-refractivity contribution < 1.29 is 37.3 Å². The van der Waals surface area contributed by atoms with Gasteiger partial charge in [0.2, 0.25) is 0 Å². The molecule has 0 radical (unpaired) electrons. The van der Waals surface area contributed by atoms with Crippen LogP contribution in [0.2, 0.25) is 0 Å². The molecule has 0 amide bonds. The molecule has 2 heterocycles. The van der Waals surface area contributed by atoms with Crippen molar-refractivity contribution in [1.82, 2.24) is 4.57 Å². The second-order valence-electron chi connectivity index (χ2n) is 8.55. The molecule has 1 aliphatic heterocycles. The monoisotopic (exact) mass is 652 g/mol. The molecule has 0 saturated carbocycles. The summed E-state index contributed by atoms with van der Waals surface area (Å²) < 4.78 is 54.1. The number of halogens is 3. The number of methoxy groups -OCH3 is 2. The molecule has 218 valence electrons. The van der Waals surface area contributed by atoms with Crippen LogP contribution in [0.1, 0.15) is 37.9 Å². The zero-order valence-electron chi connectivity index (χ0n) is 22.8. The fraction of sp³-hybridized carbons (Fsp3) is 0.321. The molecule has 0 saturated heterocycles. The molecule has 0 bridgehead atoms. The maximum atomic E-state index is 13.9. The number of hydrogen-bond donors (Lipinski definition) is 0. The first kappa shape index (κ1) is 30.3. The minimum Gasteiger partial charge on any atom is -0.493 e. The maximum Gasteiger partial charge on any atom is 0.387 e. The van der Waals surface area contributed by atoms with Gasteiger partial charge in [0.1, 0.15) is 0 Å². The number of aromatic nitrogens is 1. The van der Waals surface area contributed by atoms with E-state index in [2.05, 4.69) is 25.7 Å². The topological polar surface area (TPSA) is 97.6 Å². The highest BCUT2D eigenvalue weighted by Gasteiger charge is 2.35. The summed E-state index contributed by atoms with van der Waals surface area (Å²) in [6.45, 7) is 2.69. The van der Waals surface area contributed by atoms with Crippen molar-refractivity contribution in [2.45, 2.75) is 33.4 Å². The van der Waals surface area contributed by atoms with Crippen LogP contribution in [0.25, 0.3) is 6.08 Å². The molecule has 1 aromatic heterocycles. The number of thiazole rings is 1. The van der Waals surface area contributed by atoms with E-state index in [9.17, 15) is 18.4 Å². The summed E-state index contributed by atoms with van der Waals surface area (Å²) in [7, 11) is 2.84. The molecule has 0 aliphatic carbocycles. The molecule has 3 aromatic rings. The smallest absolute Gasteiger partial charge is 0.387 e. The molecule has 13 heteroatoms. The van der Waals surface area contributed by atoms with Gasteiger partial charge < -0.3 is 23.7 Å². The van der Waals surface area contributed by atoms with E-state index in [0.717, 1.165) is 11.3 Å². The second kappa shape index (κ2) is 12.9. The Morgan fingerprint density at radius 2 is 1.80 bits per heavy atom. The quantitative estimate of drug-likeness (QED) is 0.296. The number of rotatable bonds is 10. The molecule has 0 fully saturated rings. The van der Waals surface area contributed by atoms with Crippen LogP contribution >= 0.6 is 27.3 Å². The summed E-state index contributed by atoms with van der Waals surface area (Å²) in [6, 6.07) is 6.88. The molecular formula is C28H27BrF2N2O7S. The summed E-state index contributed by atoms with van der Waals surface area (Å²) in [5.74, 6) is 0.252. The fourth-order valence-corrected chi connectivity index (χ4v) is 5.98. The van der Waals surface area contributed by atoms with Gasteiger partial charge in [0.25, 0.3) is 5.56 Å². The molecule has 1 atom stereocenters. The van der Waals surface area contributed by atoms with Gasteiger partial charge in [-0.3, -0.25) is 9.36 Å². The lowest BCUT2D eigenvalue weighted by Crippen LogP contribution is -2.40. The average molecular weight is 653 g/mol. The Morgan fingerprint density at radius 1 is 1.10 bits per heavy atom. The van der Waals surface area contributed by atoms with E-state index < -0.39 is 24.2 Å². The SMILES string of the molecule is CCOC(=O)C1=C(C)N=c2s/c(=C/c3ccc(OC(F)F)c(OC)c3)c(=O)n2[C@H]1c1cc(OCC)c(OC)cc1Br. The van der Waals surface area contributed by atoms with Crippen molar-refractivity contribution in [3.63, 3.8) is 0 Å². The van der Waals surface area contributed by atoms with Gasteiger partial charge in [0, 0.05) is 4.47 Å². The largest absolute Gasteiger partial charge is 0.493 e. The predicted molar refractivity (Wildman–Crippen MR) is 152 cm³/mol. The van der Waals surface area contributed by atoms with Crippen LogP contribution in [0.15, 0.2) is 55.9 Å². The van der Waals surface area contributed by atoms with Crippen LogP contribution in [0.4, 0.5) is 8.78 Å². The van der Waals surface area contributed by atoms with Crippen LogP contribution in [-0.2, 0) is 9.53 Å². The lowest BCUT2D eigenvalue weighted by molar-refractivity contribution is -0.139. The highest BCUT2D eigenvalue weighted by molar-refractivity contribution is 9.10. The Balaban J connectivity index is 1.95. The van der Waals surface area contributed by atoms with Gasteiger partial charge in [0.15, 0.2) is 27.8 Å². The zero-order valence-corrected chi connectivity index (χ0v) is 25.2. The van der Waals surface area contributed by atoms with E-state index in [1.807, 2.05) is 6.92 Å². The van der Waals surface area contributed by atoms with Crippen molar-refractivity contribution in [2.75, 3.05) is 27.4 Å². The molecule has 1 aliphatic rings. The van der Waals surface area contributed by atoms with Gasteiger partial charge in [-0.05, 0) is 62.2 Å². The first-order chi connectivity index (χ1) is 19.6. The lowest BCUT2D eigenvalue weighted by Gasteiger charge is -2.26. The first-order valence-corrected chi connectivity index (χ1v) is 14.1. The van der Waals surface area contributed by atoms with Crippen molar-refractivity contribution >= 4 is 39.3 Å². The third kappa shape index (κ3) is 6.15. The second-order valence-corrected chi connectivity index (χ2v) is 10.4. The van der Waals surface area contributed by atoms with Gasteiger partial charge in [-0.2, -0.15) is 8.78 Å². The van der Waals surface area contributed by atoms with Crippen LogP contribution in [0, 0.1) is 0 Å². The van der Waals surface area contributed by atoms with Crippen LogP contribution < -0.4 is 33.8 Å². The van der Waals surface area contributed by atoms with Crippen LogP contribution in [0.3, 0.4) is 0 Å². The summed E-state index contributed by atoms with van der Waals surface area (Å²) >= 11 is 4.70. The lowest BCUT2D eigenvalue weighted by atomic mass is 9.95. The Kier molecular flexibility index (Phi) is 9.49. The highest BCUT2D eigenvalue weighted by Crippen LogP contribution is 2.41. The number of hydrogen-bond acceptors (Lipinski definition) is 9. The molecule has 41 heavy (non-hydrogen) atoms. The maximum absolute atomic E-state index is 13.9. The number of fused-ring (bicyclic) bond motifs is 1. The molecule has 2 aromatic carbocycles. The first-order valence-electron chi connectivity index (χ1n) is 12.5. The van der Waals surface area contributed by atoms with Crippen LogP contribution in [-0.4, -0.2) is 44.6 Å². The Morgan fingerprint density at radius 3 is 2.44 bits per heavy atom. The number of carbonyl (C=O) groups excluding carboxylic acids is 1. The van der Waals surface area contributed by atoms with Crippen molar-refractivity contribution in [3.8, 4) is 23.0 Å². The summed E-state index contributed by atoms with van der Waals surface area (Å²) in [5, 5.41) is 0. The number of nitrogens with zero attached hydrogens (tertiary/aromatic N) is 2. The number of carbonyl (C=O) groups is 1. The van der Waals surface area contributed by atoms with E-state index >= 15 is 0 Å². The number of benzene rings is 2. The van der Waals surface area contributed by atoms with E-state index in [1.54, 1.807) is 32.1 Å². The molecule has 0 spiro atoms. The van der Waals surface area contributed by atoms with Gasteiger partial charge in [-0.1, -0.05) is 33.3 Å². The number of esters is 1. The minimum atomic E-state index is -3.02. The summed E-state index contributed by atoms with van der Waals surface area (Å²) in [5.41, 5.74) is 1.26. The fourth-order valence-electron chi connectivity index (χ4n) is 4.39. The number of ether oxygens (including phenoxy) is 5. The van der Waals surface area contributed by atoms with Gasteiger partial charge in [0.05, 0.1) is 49.3 Å². The third-order valence-electron chi connectivity index (χ3n) is 6.10. The highest BCUT2D eigenvalue weighted by atomic mass is 79.9. The summed E-state index contributed by atoms with van der Waals surface area (Å²) in [4.78, 5) is 32.1. The van der Waals surface area contributed by atoms with E-state index in [4.69, 9.17) is 18.9 Å². The van der Waals surface area contributed by atoms with Gasteiger partial charge in [-0.25, -0.2) is 9.79 Å². The van der Waals surface area contributed by atoms with E-state index in [-0.39, 0.29) is 23.7 Å². The van der Waals surface area contributed by atoms with Crippen molar-refractivity contribution in [3.05, 3.63) is 76.9 Å². The summed E-state index contributed by atoms with van der Waals surface area (Å²) in [6.07, 6.45) is 1.59. The molecule has 0 unspecified atom stereocenters. The third-order valence-corrected chi connectivity index (χ3v) is 7.77. The molecule has 9 nitrogen and oxygen atoms in total. The Bertz CT molecular complexity index is 1680. The normalized spacial score (nSPS) is 15.0. The van der Waals surface area contributed by atoms with Crippen molar-refractivity contribution in [1.29, 1.82) is 0 Å². The molecule has 0 N–H and O–H groups in total.